The molecule has 0 aromatic rings. The quantitative estimate of drug-likeness (QED) is 0.595. The Hall–Kier alpha value is -0.410. The van der Waals surface area contributed by atoms with Crippen molar-refractivity contribution in [3.63, 3.8) is 0 Å². The standard InChI is InChI=1S/C7H13NO2/c1-7(4-10-5-7)6(9)3-8-2/h8H,3-5H2,1-2H3. The summed E-state index contributed by atoms with van der Waals surface area (Å²) in [5.74, 6) is 0.251. The van der Waals surface area contributed by atoms with Crippen molar-refractivity contribution >= 4 is 5.78 Å². The molecule has 1 heterocycles. The zero-order chi connectivity index (χ0) is 7.61. The van der Waals surface area contributed by atoms with Crippen LogP contribution >= 0.6 is 0 Å². The zero-order valence-corrected chi connectivity index (χ0v) is 6.44. The largest absolute Gasteiger partial charge is 0.379 e. The second-order valence-corrected chi connectivity index (χ2v) is 3.01. The maximum atomic E-state index is 11.2. The van der Waals surface area contributed by atoms with Crippen LogP contribution in [-0.4, -0.2) is 32.6 Å². The lowest BCUT2D eigenvalue weighted by Gasteiger charge is -2.36. The van der Waals surface area contributed by atoms with Crippen LogP contribution in [0.5, 0.6) is 0 Å². The first kappa shape index (κ1) is 7.69. The Bertz CT molecular complexity index is 141. The minimum absolute atomic E-state index is 0.191. The smallest absolute Gasteiger partial charge is 0.157 e. The van der Waals surface area contributed by atoms with Gasteiger partial charge in [-0.1, -0.05) is 0 Å². The van der Waals surface area contributed by atoms with Gasteiger partial charge < -0.3 is 10.1 Å². The number of likely N-dealkylation sites (N-methyl/N-ethyl adjacent to an activating group) is 1. The molecule has 58 valence electrons. The molecule has 10 heavy (non-hydrogen) atoms. The van der Waals surface area contributed by atoms with Gasteiger partial charge in [0.25, 0.3) is 0 Å². The molecule has 0 radical (unpaired) electrons. The van der Waals surface area contributed by atoms with Crippen molar-refractivity contribution in [3.05, 3.63) is 0 Å². The number of carbonyl (C=O) groups excluding carboxylic acids is 1. The summed E-state index contributed by atoms with van der Waals surface area (Å²) < 4.78 is 4.96. The van der Waals surface area contributed by atoms with Gasteiger partial charge in [-0.3, -0.25) is 4.79 Å². The van der Waals surface area contributed by atoms with E-state index >= 15 is 0 Å². The second kappa shape index (κ2) is 2.68. The van der Waals surface area contributed by atoms with E-state index in [0.29, 0.717) is 19.8 Å². The lowest BCUT2D eigenvalue weighted by Crippen LogP contribution is -2.49. The maximum absolute atomic E-state index is 11.2. The molecule has 3 heteroatoms. The Balaban J connectivity index is 2.39. The molecular formula is C7H13NO2. The number of carbonyl (C=O) groups is 1. The fraction of sp³-hybridized carbons (Fsp3) is 0.857. The van der Waals surface area contributed by atoms with Gasteiger partial charge >= 0.3 is 0 Å². The average Bonchev–Trinajstić information content (AvgIpc) is 1.83. The number of Topliss-reactive ketones (excluding diaryl/α,β-unsaturated/α-hetero) is 1. The molecule has 0 aromatic heterocycles. The number of hydrogen-bond donors (Lipinski definition) is 1. The fourth-order valence-electron chi connectivity index (χ4n) is 0.943. The fourth-order valence-corrected chi connectivity index (χ4v) is 0.943. The van der Waals surface area contributed by atoms with Gasteiger partial charge in [-0.2, -0.15) is 0 Å². The molecule has 1 N–H and O–H groups in total. The first-order valence-corrected chi connectivity index (χ1v) is 3.45. The number of nitrogens with one attached hydrogen (secondary N) is 1. The predicted molar refractivity (Wildman–Crippen MR) is 37.9 cm³/mol. The molecule has 0 amide bonds. The maximum Gasteiger partial charge on any atom is 0.157 e. The van der Waals surface area contributed by atoms with Crippen LogP contribution in [0.3, 0.4) is 0 Å². The molecule has 0 spiro atoms. The molecule has 1 aliphatic heterocycles. The van der Waals surface area contributed by atoms with E-state index in [0.717, 1.165) is 0 Å². The third-order valence-corrected chi connectivity index (χ3v) is 1.85. The van der Waals surface area contributed by atoms with Gasteiger partial charge in [-0.15, -0.1) is 0 Å². The summed E-state index contributed by atoms with van der Waals surface area (Å²) in [6.07, 6.45) is 0. The lowest BCUT2D eigenvalue weighted by molar-refractivity contribution is -0.154. The average molecular weight is 143 g/mol. The summed E-state index contributed by atoms with van der Waals surface area (Å²) in [4.78, 5) is 11.2. The summed E-state index contributed by atoms with van der Waals surface area (Å²) in [6.45, 7) is 3.58. The van der Waals surface area contributed by atoms with E-state index in [1.807, 2.05) is 6.92 Å². The molecule has 0 aliphatic carbocycles. The van der Waals surface area contributed by atoms with Crippen molar-refractivity contribution in [1.29, 1.82) is 0 Å². The summed E-state index contributed by atoms with van der Waals surface area (Å²) in [6, 6.07) is 0. The van der Waals surface area contributed by atoms with Crippen molar-refractivity contribution in [2.24, 2.45) is 5.41 Å². The normalized spacial score (nSPS) is 21.8. The molecule has 0 unspecified atom stereocenters. The van der Waals surface area contributed by atoms with Gasteiger partial charge in [0.2, 0.25) is 0 Å². The van der Waals surface area contributed by atoms with Gasteiger partial charge in [-0.25, -0.2) is 0 Å². The third kappa shape index (κ3) is 1.20. The van der Waals surface area contributed by atoms with Crippen LogP contribution in [-0.2, 0) is 9.53 Å². The van der Waals surface area contributed by atoms with E-state index in [-0.39, 0.29) is 11.2 Å². The van der Waals surface area contributed by atoms with Gasteiger partial charge in [-0.05, 0) is 14.0 Å². The van der Waals surface area contributed by atoms with E-state index in [9.17, 15) is 4.79 Å². The van der Waals surface area contributed by atoms with Crippen LogP contribution in [0.4, 0.5) is 0 Å². The molecule has 3 nitrogen and oxygen atoms in total. The van der Waals surface area contributed by atoms with Crippen LogP contribution in [0, 0.1) is 5.41 Å². The molecule has 0 bridgehead atoms. The molecule has 0 saturated carbocycles. The molecular weight excluding hydrogens is 130 g/mol. The predicted octanol–water partition coefficient (Wildman–Crippen LogP) is -0.189. The molecule has 1 rings (SSSR count). The van der Waals surface area contributed by atoms with E-state index in [1.54, 1.807) is 7.05 Å². The van der Waals surface area contributed by atoms with E-state index in [4.69, 9.17) is 4.74 Å². The highest BCUT2D eigenvalue weighted by molar-refractivity contribution is 5.87. The minimum atomic E-state index is -0.191. The highest BCUT2D eigenvalue weighted by Crippen LogP contribution is 2.26. The Morgan fingerprint density at radius 3 is 2.60 bits per heavy atom. The first-order valence-electron chi connectivity index (χ1n) is 3.45. The molecule has 1 fully saturated rings. The third-order valence-electron chi connectivity index (χ3n) is 1.85. The Morgan fingerprint density at radius 2 is 2.30 bits per heavy atom. The summed E-state index contributed by atoms with van der Waals surface area (Å²) >= 11 is 0. The van der Waals surface area contributed by atoms with Crippen LogP contribution < -0.4 is 5.32 Å². The number of hydrogen-bond acceptors (Lipinski definition) is 3. The zero-order valence-electron chi connectivity index (χ0n) is 6.44. The van der Waals surface area contributed by atoms with Gasteiger partial charge in [0.05, 0.1) is 25.2 Å². The van der Waals surface area contributed by atoms with Crippen molar-refractivity contribution < 1.29 is 9.53 Å². The molecule has 0 atom stereocenters. The minimum Gasteiger partial charge on any atom is -0.379 e. The Morgan fingerprint density at radius 1 is 1.70 bits per heavy atom. The van der Waals surface area contributed by atoms with Gasteiger partial charge in [0.15, 0.2) is 5.78 Å². The van der Waals surface area contributed by atoms with Crippen LogP contribution in [0.25, 0.3) is 0 Å². The van der Waals surface area contributed by atoms with Crippen molar-refractivity contribution in [2.45, 2.75) is 6.92 Å². The highest BCUT2D eigenvalue weighted by Gasteiger charge is 2.39. The SMILES string of the molecule is CNCC(=O)C1(C)COC1. The van der Waals surface area contributed by atoms with E-state index in [1.165, 1.54) is 0 Å². The van der Waals surface area contributed by atoms with Crippen molar-refractivity contribution in [1.82, 2.24) is 5.32 Å². The monoisotopic (exact) mass is 143 g/mol. The second-order valence-electron chi connectivity index (χ2n) is 3.01. The Kier molecular flexibility index (Phi) is 2.06. The van der Waals surface area contributed by atoms with E-state index in [2.05, 4.69) is 5.32 Å². The molecule has 1 saturated heterocycles. The molecule has 1 aliphatic rings. The van der Waals surface area contributed by atoms with Crippen LogP contribution in [0.15, 0.2) is 0 Å². The lowest BCUT2D eigenvalue weighted by atomic mass is 9.84. The highest BCUT2D eigenvalue weighted by atomic mass is 16.5. The van der Waals surface area contributed by atoms with Gasteiger partial charge in [0.1, 0.15) is 0 Å². The van der Waals surface area contributed by atoms with Crippen LogP contribution in [0.1, 0.15) is 6.92 Å². The summed E-state index contributed by atoms with van der Waals surface area (Å²) in [5.41, 5.74) is -0.191. The molecule has 0 aromatic carbocycles. The topological polar surface area (TPSA) is 38.3 Å². The first-order chi connectivity index (χ1) is 4.69. The van der Waals surface area contributed by atoms with Crippen molar-refractivity contribution in [3.8, 4) is 0 Å². The van der Waals surface area contributed by atoms with Crippen LogP contribution in [0.2, 0.25) is 0 Å². The van der Waals surface area contributed by atoms with Crippen molar-refractivity contribution in [2.75, 3.05) is 26.8 Å². The number of ketones is 1. The number of rotatable bonds is 3. The van der Waals surface area contributed by atoms with E-state index < -0.39 is 0 Å². The summed E-state index contributed by atoms with van der Waals surface area (Å²) in [5, 5.41) is 2.84. The Labute approximate surface area is 60.7 Å². The summed E-state index contributed by atoms with van der Waals surface area (Å²) in [7, 11) is 1.78. The van der Waals surface area contributed by atoms with Gasteiger partial charge in [0, 0.05) is 0 Å². The number of ether oxygens (including phenoxy) is 1.